The Labute approximate surface area is 118 Å². The summed E-state index contributed by atoms with van der Waals surface area (Å²) >= 11 is 5.69. The van der Waals surface area contributed by atoms with Crippen LogP contribution in [0.3, 0.4) is 0 Å². The Morgan fingerprint density at radius 2 is 2.05 bits per heavy atom. The molecule has 0 saturated heterocycles. The minimum Gasteiger partial charge on any atom is -0.373 e. The minimum atomic E-state index is -0.942. The van der Waals surface area contributed by atoms with E-state index >= 15 is 0 Å². The van der Waals surface area contributed by atoms with Crippen LogP contribution >= 0.6 is 11.6 Å². The van der Waals surface area contributed by atoms with Gasteiger partial charge in [0, 0.05) is 19.3 Å². The van der Waals surface area contributed by atoms with E-state index in [1.54, 1.807) is 13.1 Å². The Balaban J connectivity index is 2.23. The first-order valence-corrected chi connectivity index (χ1v) is 5.98. The summed E-state index contributed by atoms with van der Waals surface area (Å²) in [5.74, 6) is -1.76. The zero-order valence-electron chi connectivity index (χ0n) is 10.4. The molecule has 7 heteroatoms. The third-order valence-corrected chi connectivity index (χ3v) is 2.83. The van der Waals surface area contributed by atoms with Crippen LogP contribution in [-0.4, -0.2) is 17.9 Å². The van der Waals surface area contributed by atoms with Crippen LogP contribution in [0, 0.1) is 11.6 Å². The summed E-state index contributed by atoms with van der Waals surface area (Å²) in [7, 11) is 1.69. The van der Waals surface area contributed by atoms with Crippen molar-refractivity contribution >= 4 is 29.0 Å². The number of carbonyl (C=O) groups is 1. The lowest BCUT2D eigenvalue weighted by Gasteiger charge is -2.09. The van der Waals surface area contributed by atoms with Crippen molar-refractivity contribution in [1.29, 1.82) is 0 Å². The summed E-state index contributed by atoms with van der Waals surface area (Å²) in [6.07, 6.45) is 1.33. The van der Waals surface area contributed by atoms with Gasteiger partial charge in [-0.25, -0.2) is 13.8 Å². The molecule has 0 aliphatic heterocycles. The van der Waals surface area contributed by atoms with Gasteiger partial charge in [0.1, 0.15) is 11.6 Å². The Hall–Kier alpha value is -2.21. The molecule has 4 nitrogen and oxygen atoms in total. The SMILES string of the molecule is CNc1ccc(C(=O)Nc2c(F)cc(F)cc2Cl)cn1. The maximum atomic E-state index is 13.5. The van der Waals surface area contributed by atoms with Crippen LogP contribution in [0.2, 0.25) is 5.02 Å². The zero-order chi connectivity index (χ0) is 14.7. The first-order valence-electron chi connectivity index (χ1n) is 5.61. The molecule has 1 aromatic heterocycles. The van der Waals surface area contributed by atoms with Crippen molar-refractivity contribution in [2.45, 2.75) is 0 Å². The van der Waals surface area contributed by atoms with Gasteiger partial charge in [-0.1, -0.05) is 11.6 Å². The van der Waals surface area contributed by atoms with E-state index in [1.807, 2.05) is 0 Å². The summed E-state index contributed by atoms with van der Waals surface area (Å²) in [5, 5.41) is 4.88. The molecular weight excluding hydrogens is 288 g/mol. The Bertz CT molecular complexity index is 624. The van der Waals surface area contributed by atoms with Gasteiger partial charge in [0.15, 0.2) is 5.82 Å². The van der Waals surface area contributed by atoms with Gasteiger partial charge in [-0.3, -0.25) is 4.79 Å². The number of amides is 1. The molecule has 0 aliphatic rings. The number of halogens is 3. The van der Waals surface area contributed by atoms with E-state index in [0.717, 1.165) is 6.07 Å². The molecule has 0 saturated carbocycles. The highest BCUT2D eigenvalue weighted by Gasteiger charge is 2.14. The first-order chi connectivity index (χ1) is 9.51. The fourth-order valence-electron chi connectivity index (χ4n) is 1.52. The van der Waals surface area contributed by atoms with Gasteiger partial charge in [0.2, 0.25) is 0 Å². The third kappa shape index (κ3) is 3.03. The quantitative estimate of drug-likeness (QED) is 0.914. The molecule has 0 atom stereocenters. The van der Waals surface area contributed by atoms with Gasteiger partial charge in [0.05, 0.1) is 16.3 Å². The Kier molecular flexibility index (Phi) is 4.14. The van der Waals surface area contributed by atoms with Gasteiger partial charge < -0.3 is 10.6 Å². The molecule has 2 aromatic rings. The summed E-state index contributed by atoms with van der Waals surface area (Å²) in [6.45, 7) is 0. The molecule has 20 heavy (non-hydrogen) atoms. The average Bonchev–Trinajstić information content (AvgIpc) is 2.42. The summed E-state index contributed by atoms with van der Waals surface area (Å²) in [4.78, 5) is 15.9. The zero-order valence-corrected chi connectivity index (χ0v) is 11.1. The van der Waals surface area contributed by atoms with Crippen molar-refractivity contribution in [3.63, 3.8) is 0 Å². The molecular formula is C13H10ClF2N3O. The van der Waals surface area contributed by atoms with Crippen LogP contribution < -0.4 is 10.6 Å². The smallest absolute Gasteiger partial charge is 0.257 e. The van der Waals surface area contributed by atoms with Gasteiger partial charge in [-0.2, -0.15) is 0 Å². The van der Waals surface area contributed by atoms with Crippen LogP contribution in [0.15, 0.2) is 30.5 Å². The number of nitrogens with one attached hydrogen (secondary N) is 2. The number of carbonyl (C=O) groups excluding carboxylic acids is 1. The number of rotatable bonds is 3. The van der Waals surface area contributed by atoms with Gasteiger partial charge in [-0.05, 0) is 18.2 Å². The Morgan fingerprint density at radius 1 is 1.30 bits per heavy atom. The van der Waals surface area contributed by atoms with Crippen molar-refractivity contribution in [2.75, 3.05) is 17.7 Å². The van der Waals surface area contributed by atoms with Crippen LogP contribution in [0.25, 0.3) is 0 Å². The number of aromatic nitrogens is 1. The average molecular weight is 298 g/mol. The van der Waals surface area contributed by atoms with Crippen LogP contribution in [-0.2, 0) is 0 Å². The second kappa shape index (κ2) is 5.83. The highest BCUT2D eigenvalue weighted by Crippen LogP contribution is 2.26. The largest absolute Gasteiger partial charge is 0.373 e. The van der Waals surface area contributed by atoms with Gasteiger partial charge >= 0.3 is 0 Å². The summed E-state index contributed by atoms with van der Waals surface area (Å²) < 4.78 is 26.4. The standard InChI is InChI=1S/C13H10ClF2N3O/c1-17-11-3-2-7(6-18-11)13(20)19-12-9(14)4-8(15)5-10(12)16/h2-6H,1H3,(H,17,18)(H,19,20). The van der Waals surface area contributed by atoms with E-state index in [-0.39, 0.29) is 16.3 Å². The number of hydrogen-bond donors (Lipinski definition) is 2. The number of hydrogen-bond acceptors (Lipinski definition) is 3. The molecule has 1 aromatic carbocycles. The molecule has 0 spiro atoms. The topological polar surface area (TPSA) is 54.0 Å². The highest BCUT2D eigenvalue weighted by atomic mass is 35.5. The van der Waals surface area contributed by atoms with E-state index in [2.05, 4.69) is 15.6 Å². The van der Waals surface area contributed by atoms with E-state index in [9.17, 15) is 13.6 Å². The van der Waals surface area contributed by atoms with Crippen molar-refractivity contribution in [2.24, 2.45) is 0 Å². The van der Waals surface area contributed by atoms with Crippen molar-refractivity contribution in [3.8, 4) is 0 Å². The number of nitrogens with zero attached hydrogens (tertiary/aromatic N) is 1. The summed E-state index contributed by atoms with van der Waals surface area (Å²) in [5.41, 5.74) is -0.0421. The molecule has 0 unspecified atom stereocenters. The second-order valence-electron chi connectivity index (χ2n) is 3.88. The van der Waals surface area contributed by atoms with Gasteiger partial charge in [0.25, 0.3) is 5.91 Å². The predicted octanol–water partition coefficient (Wildman–Crippen LogP) is 3.31. The minimum absolute atomic E-state index is 0.212. The van der Waals surface area contributed by atoms with E-state index in [1.165, 1.54) is 12.3 Å². The lowest BCUT2D eigenvalue weighted by Crippen LogP contribution is -2.14. The lowest BCUT2D eigenvalue weighted by molar-refractivity contribution is 0.102. The number of pyridine rings is 1. The van der Waals surface area contributed by atoms with E-state index in [4.69, 9.17) is 11.6 Å². The molecule has 2 N–H and O–H groups in total. The number of anilines is 2. The highest BCUT2D eigenvalue weighted by molar-refractivity contribution is 6.34. The predicted molar refractivity (Wildman–Crippen MR) is 73.1 cm³/mol. The third-order valence-electron chi connectivity index (χ3n) is 2.53. The van der Waals surface area contributed by atoms with Crippen LogP contribution in [0.4, 0.5) is 20.3 Å². The van der Waals surface area contributed by atoms with Crippen molar-refractivity contribution in [1.82, 2.24) is 4.98 Å². The molecule has 0 bridgehead atoms. The van der Waals surface area contributed by atoms with E-state index < -0.39 is 17.5 Å². The second-order valence-corrected chi connectivity index (χ2v) is 4.29. The molecule has 2 rings (SSSR count). The van der Waals surface area contributed by atoms with Crippen molar-refractivity contribution in [3.05, 3.63) is 52.7 Å². The fourth-order valence-corrected chi connectivity index (χ4v) is 1.77. The summed E-state index contributed by atoms with van der Waals surface area (Å²) in [6, 6.07) is 4.67. The first kappa shape index (κ1) is 14.2. The maximum absolute atomic E-state index is 13.5. The Morgan fingerprint density at radius 3 is 2.60 bits per heavy atom. The van der Waals surface area contributed by atoms with E-state index in [0.29, 0.717) is 11.9 Å². The molecule has 0 radical (unpaired) electrons. The maximum Gasteiger partial charge on any atom is 0.257 e. The lowest BCUT2D eigenvalue weighted by atomic mass is 10.2. The van der Waals surface area contributed by atoms with Crippen LogP contribution in [0.5, 0.6) is 0 Å². The molecule has 104 valence electrons. The van der Waals surface area contributed by atoms with Crippen LogP contribution in [0.1, 0.15) is 10.4 Å². The molecule has 1 heterocycles. The normalized spacial score (nSPS) is 10.2. The van der Waals surface area contributed by atoms with Gasteiger partial charge in [-0.15, -0.1) is 0 Å². The van der Waals surface area contributed by atoms with Crippen molar-refractivity contribution < 1.29 is 13.6 Å². The number of benzene rings is 1. The molecule has 0 fully saturated rings. The monoisotopic (exact) mass is 297 g/mol. The molecule has 0 aliphatic carbocycles. The molecule has 1 amide bonds. The fraction of sp³-hybridized carbons (Fsp3) is 0.0769.